The van der Waals surface area contributed by atoms with E-state index in [9.17, 15) is 12.6 Å². The Kier molecular flexibility index (Phi) is 4.99. The lowest BCUT2D eigenvalue weighted by atomic mass is 10.2. The standard InChI is InChI=1S/C10H18O3S2/c1-2-3-4-5-7-14(11)10-6-8-15(12,13)9-10/h6,8,10H,2-5,7,9H2,1H3/t10-,14+/m1/s1. The molecule has 0 aromatic carbocycles. The largest absolute Gasteiger partial charge is 0.259 e. The van der Waals surface area contributed by atoms with Crippen molar-refractivity contribution in [2.24, 2.45) is 0 Å². The molecule has 0 unspecified atom stereocenters. The van der Waals surface area contributed by atoms with Gasteiger partial charge in [-0.2, -0.15) is 0 Å². The summed E-state index contributed by atoms with van der Waals surface area (Å²) in [4.78, 5) is 0. The first kappa shape index (κ1) is 12.9. The minimum Gasteiger partial charge on any atom is -0.259 e. The minimum atomic E-state index is -3.05. The molecular weight excluding hydrogens is 232 g/mol. The van der Waals surface area contributed by atoms with E-state index in [1.807, 2.05) is 0 Å². The Morgan fingerprint density at radius 1 is 1.33 bits per heavy atom. The van der Waals surface area contributed by atoms with Gasteiger partial charge in [0.15, 0.2) is 9.84 Å². The van der Waals surface area contributed by atoms with Gasteiger partial charge in [-0.1, -0.05) is 32.3 Å². The van der Waals surface area contributed by atoms with Gasteiger partial charge in [-0.3, -0.25) is 4.21 Å². The summed E-state index contributed by atoms with van der Waals surface area (Å²) in [6.45, 7) is 2.13. The highest BCUT2D eigenvalue weighted by Gasteiger charge is 2.25. The van der Waals surface area contributed by atoms with Crippen molar-refractivity contribution in [3.63, 3.8) is 0 Å². The molecular formula is C10H18O3S2. The van der Waals surface area contributed by atoms with Gasteiger partial charge < -0.3 is 0 Å². The van der Waals surface area contributed by atoms with Crippen LogP contribution in [0.4, 0.5) is 0 Å². The number of hydrogen-bond acceptors (Lipinski definition) is 3. The molecule has 0 spiro atoms. The van der Waals surface area contributed by atoms with Crippen LogP contribution in [0.2, 0.25) is 0 Å². The van der Waals surface area contributed by atoms with Crippen LogP contribution in [0.3, 0.4) is 0 Å². The van der Waals surface area contributed by atoms with E-state index in [1.54, 1.807) is 6.08 Å². The third kappa shape index (κ3) is 4.47. The van der Waals surface area contributed by atoms with Crippen LogP contribution in [-0.4, -0.2) is 29.4 Å². The van der Waals surface area contributed by atoms with Gasteiger partial charge in [0.2, 0.25) is 0 Å². The molecule has 0 aromatic rings. The molecule has 88 valence electrons. The lowest BCUT2D eigenvalue weighted by Gasteiger charge is -2.06. The second-order valence-electron chi connectivity index (χ2n) is 3.84. The highest BCUT2D eigenvalue weighted by molar-refractivity contribution is 7.96. The summed E-state index contributed by atoms with van der Waals surface area (Å²) >= 11 is 0. The first-order valence-electron chi connectivity index (χ1n) is 5.33. The third-order valence-corrected chi connectivity index (χ3v) is 5.73. The number of sulfone groups is 1. The summed E-state index contributed by atoms with van der Waals surface area (Å²) in [6, 6.07) is 0. The van der Waals surface area contributed by atoms with E-state index < -0.39 is 20.6 Å². The Bertz CT molecular complexity index is 344. The van der Waals surface area contributed by atoms with Gasteiger partial charge >= 0.3 is 0 Å². The van der Waals surface area contributed by atoms with Crippen LogP contribution >= 0.6 is 0 Å². The molecule has 1 aliphatic rings. The zero-order valence-corrected chi connectivity index (χ0v) is 10.6. The van der Waals surface area contributed by atoms with Crippen LogP contribution in [0.5, 0.6) is 0 Å². The molecule has 0 fully saturated rings. The van der Waals surface area contributed by atoms with Gasteiger partial charge in [-0.15, -0.1) is 0 Å². The molecule has 0 radical (unpaired) electrons. The zero-order chi connectivity index (χ0) is 11.3. The van der Waals surface area contributed by atoms with Crippen molar-refractivity contribution in [1.29, 1.82) is 0 Å². The SMILES string of the molecule is CCCCCC[S@](=O)[C@@H]1C=CS(=O)(=O)C1. The van der Waals surface area contributed by atoms with Gasteiger partial charge in [0, 0.05) is 22.0 Å². The second-order valence-corrected chi connectivity index (χ2v) is 7.55. The van der Waals surface area contributed by atoms with E-state index in [1.165, 1.54) is 5.41 Å². The van der Waals surface area contributed by atoms with Crippen LogP contribution in [0.25, 0.3) is 0 Å². The molecule has 0 aromatic heterocycles. The summed E-state index contributed by atoms with van der Waals surface area (Å²) in [6.07, 6.45) is 5.92. The van der Waals surface area contributed by atoms with Crippen LogP contribution in [0, 0.1) is 0 Å². The summed E-state index contributed by atoms with van der Waals surface area (Å²) in [5, 5.41) is 0.929. The minimum absolute atomic E-state index is 0.0351. The van der Waals surface area contributed by atoms with Crippen molar-refractivity contribution in [3.8, 4) is 0 Å². The fourth-order valence-corrected chi connectivity index (χ4v) is 4.96. The topological polar surface area (TPSA) is 51.2 Å². The van der Waals surface area contributed by atoms with E-state index in [2.05, 4.69) is 6.92 Å². The highest BCUT2D eigenvalue weighted by Crippen LogP contribution is 2.15. The van der Waals surface area contributed by atoms with E-state index >= 15 is 0 Å². The van der Waals surface area contributed by atoms with Gasteiger partial charge in [0.25, 0.3) is 0 Å². The quantitative estimate of drug-likeness (QED) is 0.673. The predicted octanol–water partition coefficient (Wildman–Crippen LogP) is 1.63. The van der Waals surface area contributed by atoms with Crippen molar-refractivity contribution in [2.75, 3.05) is 11.5 Å². The first-order valence-corrected chi connectivity index (χ1v) is 8.43. The Morgan fingerprint density at radius 2 is 2.07 bits per heavy atom. The molecule has 1 heterocycles. The monoisotopic (exact) mass is 250 g/mol. The van der Waals surface area contributed by atoms with Crippen molar-refractivity contribution in [2.45, 2.75) is 37.9 Å². The van der Waals surface area contributed by atoms with Gasteiger partial charge in [0.05, 0.1) is 11.0 Å². The van der Waals surface area contributed by atoms with Crippen LogP contribution in [0.1, 0.15) is 32.6 Å². The smallest absolute Gasteiger partial charge is 0.172 e. The first-order chi connectivity index (χ1) is 7.05. The molecule has 0 aliphatic carbocycles. The van der Waals surface area contributed by atoms with Crippen LogP contribution < -0.4 is 0 Å². The fourth-order valence-electron chi connectivity index (χ4n) is 1.53. The van der Waals surface area contributed by atoms with E-state index in [0.717, 1.165) is 25.7 Å². The lowest BCUT2D eigenvalue weighted by molar-refractivity contribution is 0.605. The Morgan fingerprint density at radius 3 is 2.60 bits per heavy atom. The van der Waals surface area contributed by atoms with Crippen molar-refractivity contribution in [3.05, 3.63) is 11.5 Å². The molecule has 0 saturated carbocycles. The van der Waals surface area contributed by atoms with Crippen LogP contribution in [0.15, 0.2) is 11.5 Å². The molecule has 1 aliphatic heterocycles. The van der Waals surface area contributed by atoms with Gasteiger partial charge in [-0.05, 0) is 6.42 Å². The van der Waals surface area contributed by atoms with Crippen molar-refractivity contribution < 1.29 is 12.6 Å². The molecule has 0 N–H and O–H groups in total. The zero-order valence-electron chi connectivity index (χ0n) is 9.02. The molecule has 1 rings (SSSR count). The van der Waals surface area contributed by atoms with Crippen molar-refractivity contribution >= 4 is 20.6 Å². The maximum absolute atomic E-state index is 11.7. The normalized spacial score (nSPS) is 25.5. The highest BCUT2D eigenvalue weighted by atomic mass is 32.2. The van der Waals surface area contributed by atoms with Crippen molar-refractivity contribution in [1.82, 2.24) is 0 Å². The summed E-state index contributed by atoms with van der Waals surface area (Å²) in [5.41, 5.74) is 0. The number of unbranched alkanes of at least 4 members (excludes halogenated alkanes) is 3. The second kappa shape index (κ2) is 5.80. The maximum Gasteiger partial charge on any atom is 0.172 e. The van der Waals surface area contributed by atoms with E-state index in [4.69, 9.17) is 0 Å². The van der Waals surface area contributed by atoms with E-state index in [0.29, 0.717) is 5.75 Å². The summed E-state index contributed by atoms with van der Waals surface area (Å²) in [7, 11) is -4.06. The molecule has 0 bridgehead atoms. The Labute approximate surface area is 94.3 Å². The summed E-state index contributed by atoms with van der Waals surface area (Å²) in [5.74, 6) is 0.665. The predicted molar refractivity (Wildman–Crippen MR) is 63.9 cm³/mol. The molecule has 15 heavy (non-hydrogen) atoms. The Hall–Kier alpha value is -0.160. The average Bonchev–Trinajstić information content (AvgIpc) is 2.53. The third-order valence-electron chi connectivity index (χ3n) is 2.43. The number of hydrogen-bond donors (Lipinski definition) is 0. The molecule has 0 saturated heterocycles. The van der Waals surface area contributed by atoms with Crippen LogP contribution in [-0.2, 0) is 20.6 Å². The average molecular weight is 250 g/mol. The maximum atomic E-state index is 11.7. The fraction of sp³-hybridized carbons (Fsp3) is 0.800. The van der Waals surface area contributed by atoms with Gasteiger partial charge in [0.1, 0.15) is 0 Å². The number of rotatable bonds is 6. The van der Waals surface area contributed by atoms with E-state index in [-0.39, 0.29) is 11.0 Å². The Balaban J connectivity index is 2.28. The van der Waals surface area contributed by atoms with Gasteiger partial charge in [-0.25, -0.2) is 8.42 Å². The summed E-state index contributed by atoms with van der Waals surface area (Å²) < 4.78 is 33.9. The molecule has 0 amide bonds. The molecule has 5 heteroatoms. The molecule has 2 atom stereocenters. The lowest BCUT2D eigenvalue weighted by Crippen LogP contribution is -2.19. The molecule has 3 nitrogen and oxygen atoms in total.